The molecule has 0 aromatic heterocycles. The van der Waals surface area contributed by atoms with E-state index in [-0.39, 0.29) is 10.3 Å². The largest absolute Gasteiger partial charge is 0.344 e. The molecule has 1 saturated heterocycles. The van der Waals surface area contributed by atoms with Crippen LogP contribution in [-0.4, -0.2) is 15.2 Å². The average molecular weight is 176 g/mol. The normalized spacial score (nSPS) is 46.5. The molecule has 1 heterocycles. The molecule has 0 amide bonds. The first-order valence-corrected chi connectivity index (χ1v) is 5.64. The van der Waals surface area contributed by atoms with Gasteiger partial charge in [0.2, 0.25) is 7.37 Å². The van der Waals surface area contributed by atoms with Crippen LogP contribution in [0.4, 0.5) is 0 Å². The lowest BCUT2D eigenvalue weighted by Crippen LogP contribution is -2.57. The van der Waals surface area contributed by atoms with Crippen LogP contribution in [0, 0.1) is 5.92 Å². The summed E-state index contributed by atoms with van der Waals surface area (Å²) in [5.41, 5.74) is 0. The minimum Gasteiger partial charge on any atom is -0.344 e. The van der Waals surface area contributed by atoms with Crippen molar-refractivity contribution in [1.29, 1.82) is 0 Å². The van der Waals surface area contributed by atoms with Crippen LogP contribution in [0.15, 0.2) is 0 Å². The van der Waals surface area contributed by atoms with E-state index < -0.39 is 7.37 Å². The fourth-order valence-electron chi connectivity index (χ4n) is 2.07. The summed E-state index contributed by atoms with van der Waals surface area (Å²) >= 11 is 0. The minimum atomic E-state index is -2.93. The summed E-state index contributed by atoms with van der Waals surface area (Å²) in [6, 6.07) is 0. The van der Waals surface area contributed by atoms with Gasteiger partial charge in [-0.1, -0.05) is 34.6 Å². The summed E-state index contributed by atoms with van der Waals surface area (Å²) < 4.78 is 11.7. The van der Waals surface area contributed by atoms with E-state index in [4.69, 9.17) is 0 Å². The second-order valence-electron chi connectivity index (χ2n) is 4.61. The maximum Gasteiger partial charge on any atom is 0.212 e. The Balaban J connectivity index is 3.09. The fourth-order valence-corrected chi connectivity index (χ4v) is 5.04. The van der Waals surface area contributed by atoms with Crippen molar-refractivity contribution in [1.82, 2.24) is 0 Å². The van der Waals surface area contributed by atoms with Gasteiger partial charge in [0.05, 0.1) is 0 Å². The highest BCUT2D eigenvalue weighted by Crippen LogP contribution is 2.79. The predicted molar refractivity (Wildman–Crippen MR) is 47.1 cm³/mol. The van der Waals surface area contributed by atoms with E-state index in [9.17, 15) is 9.46 Å². The van der Waals surface area contributed by atoms with E-state index in [2.05, 4.69) is 0 Å². The van der Waals surface area contributed by atoms with Crippen LogP contribution < -0.4 is 0 Å². The smallest absolute Gasteiger partial charge is 0.212 e. The summed E-state index contributed by atoms with van der Waals surface area (Å²) in [6.07, 6.45) is 0. The molecule has 0 aromatic carbocycles. The molecule has 66 valence electrons. The number of hydrogen-bond acceptors (Lipinski definition) is 1. The van der Waals surface area contributed by atoms with Crippen LogP contribution in [0.5, 0.6) is 0 Å². The molecular formula is C8H17O2P. The molecule has 0 aliphatic carbocycles. The van der Waals surface area contributed by atoms with Crippen molar-refractivity contribution >= 4 is 7.37 Å². The lowest BCUT2D eigenvalue weighted by molar-refractivity contribution is 0.223. The molecule has 1 aliphatic rings. The van der Waals surface area contributed by atoms with Crippen molar-refractivity contribution in [3.05, 3.63) is 0 Å². The predicted octanol–water partition coefficient (Wildman–Crippen LogP) is 2.46. The fraction of sp³-hybridized carbons (Fsp3) is 1.00. The van der Waals surface area contributed by atoms with E-state index in [1.807, 2.05) is 34.6 Å². The topological polar surface area (TPSA) is 37.3 Å². The average Bonchev–Trinajstić information content (AvgIpc) is 1.84. The van der Waals surface area contributed by atoms with Crippen molar-refractivity contribution in [2.75, 3.05) is 0 Å². The molecule has 1 rings (SSSR count). The Labute approximate surface area is 68.5 Å². The van der Waals surface area contributed by atoms with E-state index in [1.54, 1.807) is 0 Å². The van der Waals surface area contributed by atoms with Gasteiger partial charge in [-0.05, 0) is 5.92 Å². The lowest BCUT2D eigenvalue weighted by Gasteiger charge is -2.59. The van der Waals surface area contributed by atoms with Gasteiger partial charge in [0, 0.05) is 10.3 Å². The molecular weight excluding hydrogens is 159 g/mol. The van der Waals surface area contributed by atoms with Crippen LogP contribution in [0.3, 0.4) is 0 Å². The van der Waals surface area contributed by atoms with Gasteiger partial charge in [-0.25, -0.2) is 0 Å². The van der Waals surface area contributed by atoms with Gasteiger partial charge in [0.25, 0.3) is 0 Å². The standard InChI is InChI=1S/C8H17O2P/c1-6-7(2,3)11(9,10)8(6,4)5/h6H,1-5H3,(H,9,10). The molecule has 1 aliphatic heterocycles. The molecule has 0 bridgehead atoms. The summed E-state index contributed by atoms with van der Waals surface area (Å²) in [6.45, 7) is 9.56. The molecule has 11 heavy (non-hydrogen) atoms. The first kappa shape index (κ1) is 9.28. The Morgan fingerprint density at radius 2 is 1.45 bits per heavy atom. The molecule has 2 nitrogen and oxygen atoms in total. The van der Waals surface area contributed by atoms with Crippen molar-refractivity contribution in [3.63, 3.8) is 0 Å². The van der Waals surface area contributed by atoms with Gasteiger partial charge >= 0.3 is 0 Å². The highest BCUT2D eigenvalue weighted by Gasteiger charge is 2.67. The van der Waals surface area contributed by atoms with E-state index in [0.717, 1.165) is 0 Å². The zero-order valence-electron chi connectivity index (χ0n) is 7.88. The third-order valence-corrected chi connectivity index (χ3v) is 7.58. The summed E-state index contributed by atoms with van der Waals surface area (Å²) in [5.74, 6) is 0.325. The maximum absolute atomic E-state index is 11.7. The first-order chi connectivity index (χ1) is 4.65. The SMILES string of the molecule is CC1C(C)(C)P(=O)(O)C1(C)C. The molecule has 0 saturated carbocycles. The van der Waals surface area contributed by atoms with Gasteiger partial charge in [0.15, 0.2) is 0 Å². The van der Waals surface area contributed by atoms with Crippen molar-refractivity contribution in [3.8, 4) is 0 Å². The van der Waals surface area contributed by atoms with Gasteiger partial charge < -0.3 is 4.89 Å². The van der Waals surface area contributed by atoms with Crippen molar-refractivity contribution < 1.29 is 9.46 Å². The molecule has 1 N–H and O–H groups in total. The molecule has 3 heteroatoms. The summed E-state index contributed by atoms with van der Waals surface area (Å²) in [5, 5.41) is -0.757. The monoisotopic (exact) mass is 176 g/mol. The van der Waals surface area contributed by atoms with Crippen LogP contribution in [0.1, 0.15) is 34.6 Å². The lowest BCUT2D eigenvalue weighted by atomic mass is 9.83. The van der Waals surface area contributed by atoms with Crippen molar-refractivity contribution in [2.24, 2.45) is 5.92 Å². The Hall–Kier alpha value is 0.190. The first-order valence-electron chi connectivity index (χ1n) is 3.98. The summed E-state index contributed by atoms with van der Waals surface area (Å²) in [7, 11) is -2.93. The highest BCUT2D eigenvalue weighted by atomic mass is 31.2. The molecule has 0 unspecified atom stereocenters. The van der Waals surface area contributed by atoms with E-state index in [1.165, 1.54) is 0 Å². The Kier molecular flexibility index (Phi) is 1.62. The molecule has 0 radical (unpaired) electrons. The van der Waals surface area contributed by atoms with Crippen molar-refractivity contribution in [2.45, 2.75) is 44.9 Å². The Morgan fingerprint density at radius 1 is 1.18 bits per heavy atom. The molecule has 0 aromatic rings. The molecule has 1 fully saturated rings. The van der Waals surface area contributed by atoms with Crippen LogP contribution in [-0.2, 0) is 4.57 Å². The van der Waals surface area contributed by atoms with Gasteiger partial charge in [0.1, 0.15) is 0 Å². The third kappa shape index (κ3) is 0.750. The van der Waals surface area contributed by atoms with Crippen LogP contribution in [0.2, 0.25) is 0 Å². The minimum absolute atomic E-state index is 0.325. The number of rotatable bonds is 0. The second kappa shape index (κ2) is 1.92. The van der Waals surface area contributed by atoms with E-state index in [0.29, 0.717) is 5.92 Å². The third-order valence-electron chi connectivity index (χ3n) is 3.68. The van der Waals surface area contributed by atoms with Crippen LogP contribution >= 0.6 is 7.37 Å². The number of hydrogen-bond donors (Lipinski definition) is 1. The Bertz CT molecular complexity index is 210. The molecule has 0 atom stereocenters. The second-order valence-corrected chi connectivity index (χ2v) is 8.06. The van der Waals surface area contributed by atoms with Gasteiger partial charge in [-0.3, -0.25) is 4.57 Å². The van der Waals surface area contributed by atoms with Gasteiger partial charge in [-0.2, -0.15) is 0 Å². The molecule has 0 spiro atoms. The zero-order valence-corrected chi connectivity index (χ0v) is 8.77. The van der Waals surface area contributed by atoms with Gasteiger partial charge in [-0.15, -0.1) is 0 Å². The zero-order chi connectivity index (χ0) is 9.08. The Morgan fingerprint density at radius 3 is 1.55 bits per heavy atom. The quantitative estimate of drug-likeness (QED) is 0.575. The van der Waals surface area contributed by atoms with Crippen LogP contribution in [0.25, 0.3) is 0 Å². The maximum atomic E-state index is 11.7. The highest BCUT2D eigenvalue weighted by molar-refractivity contribution is 7.63. The summed E-state index contributed by atoms with van der Waals surface area (Å²) in [4.78, 5) is 9.69. The van der Waals surface area contributed by atoms with E-state index >= 15 is 0 Å².